The molecule has 0 radical (unpaired) electrons. The van der Waals surface area contributed by atoms with E-state index in [1.165, 1.54) is 13.0 Å². The number of esters is 1. The number of carbonyl (C=O) groups excluding carboxylic acids is 1. The van der Waals surface area contributed by atoms with Gasteiger partial charge in [0.15, 0.2) is 5.56 Å². The molecule has 0 amide bonds. The number of hydrogen-bond donors (Lipinski definition) is 0. The minimum Gasteiger partial charge on any atom is -0.462 e. The van der Waals surface area contributed by atoms with E-state index in [0.29, 0.717) is 0 Å². The highest BCUT2D eigenvalue weighted by molar-refractivity contribution is 5.95. The summed E-state index contributed by atoms with van der Waals surface area (Å²) in [4.78, 5) is 21.2. The second-order valence-electron chi connectivity index (χ2n) is 2.91. The Bertz CT molecular complexity index is 522. The number of halogens is 1. The highest BCUT2D eigenvalue weighted by Gasteiger charge is 2.28. The number of nitro groups is 1. The summed E-state index contributed by atoms with van der Waals surface area (Å²) in [7, 11) is 0. The molecule has 0 spiro atoms. The lowest BCUT2D eigenvalue weighted by atomic mass is 10.1. The smallest absolute Gasteiger partial charge is 0.345 e. The highest BCUT2D eigenvalue weighted by atomic mass is 19.1. The maximum absolute atomic E-state index is 13.2. The molecule has 0 bridgehead atoms. The number of benzene rings is 1. The van der Waals surface area contributed by atoms with Crippen molar-refractivity contribution in [2.45, 2.75) is 6.92 Å². The second kappa shape index (κ2) is 5.03. The van der Waals surface area contributed by atoms with Crippen molar-refractivity contribution in [2.75, 3.05) is 6.61 Å². The Balaban J connectivity index is 3.47. The van der Waals surface area contributed by atoms with Gasteiger partial charge in [-0.3, -0.25) is 10.1 Å². The third kappa shape index (κ3) is 2.36. The van der Waals surface area contributed by atoms with Crippen LogP contribution in [0.4, 0.5) is 10.1 Å². The maximum Gasteiger partial charge on any atom is 0.345 e. The van der Waals surface area contributed by atoms with Gasteiger partial charge in [0.25, 0.3) is 0 Å². The van der Waals surface area contributed by atoms with Crippen molar-refractivity contribution in [1.82, 2.24) is 0 Å². The molecular weight excluding hydrogens is 231 g/mol. The normalized spacial score (nSPS) is 9.47. The average molecular weight is 238 g/mol. The molecule has 0 N–H and O–H groups in total. The second-order valence-corrected chi connectivity index (χ2v) is 2.91. The van der Waals surface area contributed by atoms with Crippen LogP contribution >= 0.6 is 0 Å². The summed E-state index contributed by atoms with van der Waals surface area (Å²) >= 11 is 0. The molecular formula is C10H7FN2O4. The first-order valence-corrected chi connectivity index (χ1v) is 4.57. The monoisotopic (exact) mass is 238 g/mol. The van der Waals surface area contributed by atoms with Crippen LogP contribution in [-0.4, -0.2) is 17.5 Å². The molecule has 0 aromatic heterocycles. The van der Waals surface area contributed by atoms with Gasteiger partial charge < -0.3 is 4.74 Å². The lowest BCUT2D eigenvalue weighted by Gasteiger charge is -2.04. The third-order valence-corrected chi connectivity index (χ3v) is 1.92. The van der Waals surface area contributed by atoms with Crippen LogP contribution in [0.1, 0.15) is 22.8 Å². The van der Waals surface area contributed by atoms with Gasteiger partial charge in [0.2, 0.25) is 0 Å². The quantitative estimate of drug-likeness (QED) is 0.454. The molecule has 1 aromatic rings. The summed E-state index contributed by atoms with van der Waals surface area (Å²) in [6.07, 6.45) is 0. The van der Waals surface area contributed by atoms with Gasteiger partial charge in [0.05, 0.1) is 11.5 Å². The zero-order valence-corrected chi connectivity index (χ0v) is 8.77. The predicted octanol–water partition coefficient (Wildman–Crippen LogP) is 1.78. The zero-order valence-electron chi connectivity index (χ0n) is 8.77. The Labute approximate surface area is 95.4 Å². The summed E-state index contributed by atoms with van der Waals surface area (Å²) in [6, 6.07) is 3.10. The fourth-order valence-electron chi connectivity index (χ4n) is 1.24. The van der Waals surface area contributed by atoms with Crippen molar-refractivity contribution < 1.29 is 18.8 Å². The molecule has 0 saturated heterocycles. The SMILES string of the molecule is CCOC(=O)c1ccc(F)c(C#N)c1[N+](=O)[O-]. The molecule has 0 heterocycles. The van der Waals surface area contributed by atoms with Gasteiger partial charge in [-0.05, 0) is 19.1 Å². The van der Waals surface area contributed by atoms with Crippen LogP contribution in [0.3, 0.4) is 0 Å². The molecule has 0 unspecified atom stereocenters. The Morgan fingerprint density at radius 3 is 2.76 bits per heavy atom. The van der Waals surface area contributed by atoms with E-state index in [4.69, 9.17) is 5.26 Å². The summed E-state index contributed by atoms with van der Waals surface area (Å²) in [5.41, 5.74) is -2.08. The number of nitro benzene ring substituents is 1. The van der Waals surface area contributed by atoms with Gasteiger partial charge in [-0.1, -0.05) is 0 Å². The van der Waals surface area contributed by atoms with E-state index in [1.807, 2.05) is 0 Å². The number of hydrogen-bond acceptors (Lipinski definition) is 5. The van der Waals surface area contributed by atoms with Crippen LogP contribution in [0.5, 0.6) is 0 Å². The van der Waals surface area contributed by atoms with E-state index in [9.17, 15) is 19.3 Å². The van der Waals surface area contributed by atoms with Crippen LogP contribution in [-0.2, 0) is 4.74 Å². The Morgan fingerprint density at radius 1 is 1.65 bits per heavy atom. The van der Waals surface area contributed by atoms with Crippen LogP contribution in [0.15, 0.2) is 12.1 Å². The summed E-state index contributed by atoms with van der Waals surface area (Å²) in [5, 5.41) is 19.4. The molecule has 17 heavy (non-hydrogen) atoms. The topological polar surface area (TPSA) is 93.2 Å². The Morgan fingerprint density at radius 2 is 2.29 bits per heavy atom. The van der Waals surface area contributed by atoms with E-state index in [2.05, 4.69) is 4.74 Å². The molecule has 0 aliphatic carbocycles. The molecule has 7 heteroatoms. The lowest BCUT2D eigenvalue weighted by Crippen LogP contribution is -2.10. The maximum atomic E-state index is 13.2. The van der Waals surface area contributed by atoms with E-state index in [1.54, 1.807) is 0 Å². The van der Waals surface area contributed by atoms with Crippen LogP contribution in [0.25, 0.3) is 0 Å². The van der Waals surface area contributed by atoms with Crippen molar-refractivity contribution in [3.05, 3.63) is 39.2 Å². The number of rotatable bonds is 3. The zero-order chi connectivity index (χ0) is 13.0. The van der Waals surface area contributed by atoms with E-state index in [-0.39, 0.29) is 6.61 Å². The van der Waals surface area contributed by atoms with Crippen LogP contribution < -0.4 is 0 Å². The number of nitrogens with zero attached hydrogens (tertiary/aromatic N) is 2. The molecule has 1 rings (SSSR count). The first-order chi connectivity index (χ1) is 8.02. The van der Waals surface area contributed by atoms with Gasteiger partial charge in [0.1, 0.15) is 17.4 Å². The molecule has 6 nitrogen and oxygen atoms in total. The average Bonchev–Trinajstić information content (AvgIpc) is 2.28. The standard InChI is InChI=1S/C10H7FN2O4/c1-2-17-10(14)6-3-4-8(11)7(5-12)9(6)13(15)16/h3-4H,2H2,1H3. The predicted molar refractivity (Wildman–Crippen MR) is 53.7 cm³/mol. The summed E-state index contributed by atoms with van der Waals surface area (Å²) in [6.45, 7) is 1.55. The van der Waals surface area contributed by atoms with E-state index >= 15 is 0 Å². The Kier molecular flexibility index (Phi) is 3.72. The van der Waals surface area contributed by atoms with Crippen molar-refractivity contribution in [1.29, 1.82) is 5.26 Å². The first-order valence-electron chi connectivity index (χ1n) is 4.57. The van der Waals surface area contributed by atoms with Crippen LogP contribution in [0, 0.1) is 27.3 Å². The molecule has 0 saturated carbocycles. The molecule has 0 atom stereocenters. The van der Waals surface area contributed by atoms with Gasteiger partial charge >= 0.3 is 11.7 Å². The van der Waals surface area contributed by atoms with Crippen molar-refractivity contribution >= 4 is 11.7 Å². The van der Waals surface area contributed by atoms with Crippen molar-refractivity contribution in [2.24, 2.45) is 0 Å². The number of nitriles is 1. The first kappa shape index (κ1) is 12.6. The van der Waals surface area contributed by atoms with E-state index in [0.717, 1.165) is 12.1 Å². The lowest BCUT2D eigenvalue weighted by molar-refractivity contribution is -0.385. The number of carbonyl (C=O) groups is 1. The molecule has 1 aromatic carbocycles. The van der Waals surface area contributed by atoms with E-state index < -0.39 is 33.5 Å². The van der Waals surface area contributed by atoms with Gasteiger partial charge in [-0.2, -0.15) is 5.26 Å². The highest BCUT2D eigenvalue weighted by Crippen LogP contribution is 2.26. The number of ether oxygens (including phenoxy) is 1. The van der Waals surface area contributed by atoms with Gasteiger partial charge in [0, 0.05) is 0 Å². The molecule has 0 aliphatic rings. The minimum absolute atomic E-state index is 0.0231. The summed E-state index contributed by atoms with van der Waals surface area (Å²) < 4.78 is 17.7. The van der Waals surface area contributed by atoms with Crippen molar-refractivity contribution in [3.8, 4) is 6.07 Å². The van der Waals surface area contributed by atoms with Gasteiger partial charge in [-0.15, -0.1) is 0 Å². The Hall–Kier alpha value is -2.49. The van der Waals surface area contributed by atoms with Gasteiger partial charge in [-0.25, -0.2) is 9.18 Å². The third-order valence-electron chi connectivity index (χ3n) is 1.92. The van der Waals surface area contributed by atoms with Crippen molar-refractivity contribution in [3.63, 3.8) is 0 Å². The molecule has 0 aliphatic heterocycles. The summed E-state index contributed by atoms with van der Waals surface area (Å²) in [5.74, 6) is -2.01. The fourth-order valence-corrected chi connectivity index (χ4v) is 1.24. The molecule has 88 valence electrons. The minimum atomic E-state index is -1.05. The molecule has 0 fully saturated rings. The fraction of sp³-hybridized carbons (Fsp3) is 0.200. The largest absolute Gasteiger partial charge is 0.462 e. The van der Waals surface area contributed by atoms with Crippen LogP contribution in [0.2, 0.25) is 0 Å².